The molecule has 2 heterocycles. The van der Waals surface area contributed by atoms with Gasteiger partial charge in [0, 0.05) is 17.2 Å². The van der Waals surface area contributed by atoms with Crippen molar-refractivity contribution < 1.29 is 19.1 Å². The summed E-state index contributed by atoms with van der Waals surface area (Å²) >= 11 is 3.18. The number of hydrogen-bond donors (Lipinski definition) is 2. The van der Waals surface area contributed by atoms with E-state index in [9.17, 15) is 19.2 Å². The molecule has 0 radical (unpaired) electrons. The molecule has 8 nitrogen and oxygen atoms in total. The molecule has 0 bridgehead atoms. The SMILES string of the molecule is CCOC(=O)[C@@H]1CCCN1C(=O)[C@H](C)NC(=O)c1cc(Br)c[nH]c1=O. The third kappa shape index (κ3) is 4.47. The number of halogens is 1. The average molecular weight is 414 g/mol. The number of esters is 1. The molecule has 1 saturated heterocycles. The maximum Gasteiger partial charge on any atom is 0.328 e. The van der Waals surface area contributed by atoms with Crippen molar-refractivity contribution in [3.63, 3.8) is 0 Å². The van der Waals surface area contributed by atoms with Gasteiger partial charge in [0.2, 0.25) is 5.91 Å². The number of carbonyl (C=O) groups is 3. The highest BCUT2D eigenvalue weighted by Crippen LogP contribution is 2.19. The maximum atomic E-state index is 12.6. The smallest absolute Gasteiger partial charge is 0.328 e. The molecule has 2 rings (SSSR count). The first-order valence-electron chi connectivity index (χ1n) is 8.01. The topological polar surface area (TPSA) is 109 Å². The highest BCUT2D eigenvalue weighted by atomic mass is 79.9. The van der Waals surface area contributed by atoms with Gasteiger partial charge in [0.15, 0.2) is 0 Å². The Morgan fingerprint density at radius 1 is 1.48 bits per heavy atom. The molecule has 2 amide bonds. The quantitative estimate of drug-likeness (QED) is 0.694. The third-order valence-corrected chi connectivity index (χ3v) is 4.38. The van der Waals surface area contributed by atoms with E-state index in [4.69, 9.17) is 4.74 Å². The van der Waals surface area contributed by atoms with Crippen LogP contribution >= 0.6 is 15.9 Å². The minimum Gasteiger partial charge on any atom is -0.464 e. The lowest BCUT2D eigenvalue weighted by molar-refractivity contribution is -0.153. The Balaban J connectivity index is 2.06. The van der Waals surface area contributed by atoms with Gasteiger partial charge in [-0.2, -0.15) is 0 Å². The Bertz CT molecular complexity index is 733. The highest BCUT2D eigenvalue weighted by molar-refractivity contribution is 9.10. The molecule has 0 saturated carbocycles. The van der Waals surface area contributed by atoms with Gasteiger partial charge in [-0.3, -0.25) is 14.4 Å². The van der Waals surface area contributed by atoms with Crippen LogP contribution in [-0.2, 0) is 14.3 Å². The first-order chi connectivity index (χ1) is 11.8. The van der Waals surface area contributed by atoms with Crippen LogP contribution in [0.5, 0.6) is 0 Å². The number of ether oxygens (including phenoxy) is 1. The van der Waals surface area contributed by atoms with Crippen molar-refractivity contribution >= 4 is 33.7 Å². The highest BCUT2D eigenvalue weighted by Gasteiger charge is 2.37. The van der Waals surface area contributed by atoms with Crippen LogP contribution in [0.4, 0.5) is 0 Å². The summed E-state index contributed by atoms with van der Waals surface area (Å²) in [6, 6.07) is -0.121. The van der Waals surface area contributed by atoms with Crippen molar-refractivity contribution in [3.8, 4) is 0 Å². The van der Waals surface area contributed by atoms with Crippen LogP contribution in [0.2, 0.25) is 0 Å². The van der Waals surface area contributed by atoms with Crippen molar-refractivity contribution in [1.29, 1.82) is 0 Å². The summed E-state index contributed by atoms with van der Waals surface area (Å²) < 4.78 is 5.53. The van der Waals surface area contributed by atoms with E-state index < -0.39 is 29.5 Å². The second-order valence-corrected chi connectivity index (χ2v) is 6.61. The van der Waals surface area contributed by atoms with Crippen LogP contribution in [0, 0.1) is 0 Å². The number of aromatic nitrogens is 1. The predicted molar refractivity (Wildman–Crippen MR) is 93.1 cm³/mol. The van der Waals surface area contributed by atoms with E-state index in [2.05, 4.69) is 26.2 Å². The number of H-pyrrole nitrogens is 1. The predicted octanol–water partition coefficient (Wildman–Crippen LogP) is 0.810. The lowest BCUT2D eigenvalue weighted by Gasteiger charge is -2.26. The van der Waals surface area contributed by atoms with Gasteiger partial charge in [0.05, 0.1) is 6.61 Å². The van der Waals surface area contributed by atoms with Gasteiger partial charge in [0.25, 0.3) is 11.5 Å². The number of rotatable bonds is 5. The zero-order valence-corrected chi connectivity index (χ0v) is 15.6. The van der Waals surface area contributed by atoms with Gasteiger partial charge < -0.3 is 19.9 Å². The number of pyridine rings is 1. The molecule has 136 valence electrons. The van der Waals surface area contributed by atoms with E-state index in [0.717, 1.165) is 0 Å². The van der Waals surface area contributed by atoms with Gasteiger partial charge in [-0.05, 0) is 48.7 Å². The van der Waals surface area contributed by atoms with Crippen LogP contribution in [-0.4, -0.2) is 52.9 Å². The Morgan fingerprint density at radius 2 is 2.20 bits per heavy atom. The molecule has 2 N–H and O–H groups in total. The Morgan fingerprint density at radius 3 is 2.88 bits per heavy atom. The molecule has 1 aliphatic rings. The molecular formula is C16H20BrN3O5. The lowest BCUT2D eigenvalue weighted by Crippen LogP contribution is -2.51. The summed E-state index contributed by atoms with van der Waals surface area (Å²) in [4.78, 5) is 52.4. The lowest BCUT2D eigenvalue weighted by atomic mass is 10.2. The fraction of sp³-hybridized carbons (Fsp3) is 0.500. The number of likely N-dealkylation sites (tertiary alicyclic amines) is 1. The summed E-state index contributed by atoms with van der Waals surface area (Å²) in [6.07, 6.45) is 2.65. The molecule has 1 aliphatic heterocycles. The number of nitrogens with one attached hydrogen (secondary N) is 2. The number of nitrogens with zero attached hydrogens (tertiary/aromatic N) is 1. The second kappa shape index (κ2) is 8.28. The van der Waals surface area contributed by atoms with E-state index >= 15 is 0 Å². The van der Waals surface area contributed by atoms with Gasteiger partial charge in [0.1, 0.15) is 17.6 Å². The molecule has 9 heteroatoms. The van der Waals surface area contributed by atoms with E-state index in [1.165, 1.54) is 24.1 Å². The van der Waals surface area contributed by atoms with Gasteiger partial charge in [-0.1, -0.05) is 0 Å². The number of hydrogen-bond acceptors (Lipinski definition) is 5. The van der Waals surface area contributed by atoms with Crippen molar-refractivity contribution in [1.82, 2.24) is 15.2 Å². The molecule has 1 aromatic heterocycles. The molecule has 2 atom stereocenters. The maximum absolute atomic E-state index is 12.6. The van der Waals surface area contributed by atoms with E-state index in [0.29, 0.717) is 23.9 Å². The van der Waals surface area contributed by atoms with Crippen LogP contribution in [0.3, 0.4) is 0 Å². The Labute approximate surface area is 153 Å². The molecule has 0 aromatic carbocycles. The van der Waals surface area contributed by atoms with Crippen molar-refractivity contribution in [2.75, 3.05) is 13.2 Å². The van der Waals surface area contributed by atoms with Crippen molar-refractivity contribution in [2.45, 2.75) is 38.8 Å². The first-order valence-corrected chi connectivity index (χ1v) is 8.80. The normalized spacial score (nSPS) is 17.9. The van der Waals surface area contributed by atoms with Crippen molar-refractivity contribution in [3.05, 3.63) is 32.7 Å². The Kier molecular flexibility index (Phi) is 6.35. The molecule has 0 unspecified atom stereocenters. The second-order valence-electron chi connectivity index (χ2n) is 5.70. The fourth-order valence-electron chi connectivity index (χ4n) is 2.72. The number of carbonyl (C=O) groups excluding carboxylic acids is 3. The molecule has 0 spiro atoms. The molecule has 25 heavy (non-hydrogen) atoms. The van der Waals surface area contributed by atoms with Crippen LogP contribution < -0.4 is 10.9 Å². The van der Waals surface area contributed by atoms with Crippen LogP contribution in [0.25, 0.3) is 0 Å². The number of aromatic amines is 1. The van der Waals surface area contributed by atoms with Crippen LogP contribution in [0.15, 0.2) is 21.5 Å². The van der Waals surface area contributed by atoms with E-state index in [1.54, 1.807) is 6.92 Å². The fourth-order valence-corrected chi connectivity index (χ4v) is 3.07. The molecular weight excluding hydrogens is 394 g/mol. The van der Waals surface area contributed by atoms with E-state index in [1.807, 2.05) is 0 Å². The van der Waals surface area contributed by atoms with Crippen molar-refractivity contribution in [2.24, 2.45) is 0 Å². The zero-order valence-electron chi connectivity index (χ0n) is 14.0. The monoisotopic (exact) mass is 413 g/mol. The molecule has 1 fully saturated rings. The number of amides is 2. The summed E-state index contributed by atoms with van der Waals surface area (Å²) in [5.41, 5.74) is -0.650. The van der Waals surface area contributed by atoms with Gasteiger partial charge in [-0.15, -0.1) is 0 Å². The molecule has 1 aromatic rings. The summed E-state index contributed by atoms with van der Waals surface area (Å²) in [5.74, 6) is -1.47. The minimum atomic E-state index is -0.874. The van der Waals surface area contributed by atoms with Gasteiger partial charge in [-0.25, -0.2) is 4.79 Å². The average Bonchev–Trinajstić information content (AvgIpc) is 3.06. The van der Waals surface area contributed by atoms with Crippen LogP contribution in [0.1, 0.15) is 37.0 Å². The summed E-state index contributed by atoms with van der Waals surface area (Å²) in [6.45, 7) is 3.90. The largest absolute Gasteiger partial charge is 0.464 e. The minimum absolute atomic E-state index is 0.0996. The van der Waals surface area contributed by atoms with E-state index in [-0.39, 0.29) is 18.1 Å². The van der Waals surface area contributed by atoms with Gasteiger partial charge >= 0.3 is 5.97 Å². The summed E-state index contributed by atoms with van der Waals surface area (Å²) in [5, 5.41) is 2.51. The summed E-state index contributed by atoms with van der Waals surface area (Å²) in [7, 11) is 0. The standard InChI is InChI=1S/C16H20BrN3O5/c1-3-25-16(24)12-5-4-6-20(12)15(23)9(2)19-14(22)11-7-10(17)8-18-13(11)21/h7-9,12H,3-6H2,1-2H3,(H,18,21)(H,19,22)/t9-,12-/m0/s1. The Hall–Kier alpha value is -2.16. The third-order valence-electron chi connectivity index (χ3n) is 3.93. The zero-order chi connectivity index (χ0) is 18.6. The first kappa shape index (κ1) is 19.2. The molecule has 0 aliphatic carbocycles.